The van der Waals surface area contributed by atoms with Crippen molar-refractivity contribution in [1.29, 1.82) is 0 Å². The molecule has 0 saturated carbocycles. The summed E-state index contributed by atoms with van der Waals surface area (Å²) in [6, 6.07) is 6.84. The zero-order chi connectivity index (χ0) is 19.6. The molecule has 2 N–H and O–H groups in total. The Morgan fingerprint density at radius 1 is 1.32 bits per heavy atom. The first kappa shape index (κ1) is 24.9. The number of rotatable bonds is 8. The number of halogens is 2. The lowest BCUT2D eigenvalue weighted by Crippen LogP contribution is -2.50. The molecule has 1 heterocycles. The molecule has 0 radical (unpaired) electrons. The summed E-state index contributed by atoms with van der Waals surface area (Å²) in [5.41, 5.74) is 0. The highest BCUT2D eigenvalue weighted by atomic mass is 127. The van der Waals surface area contributed by atoms with Crippen molar-refractivity contribution in [3.05, 3.63) is 30.1 Å². The molecule has 3 atom stereocenters. The lowest BCUT2D eigenvalue weighted by atomic mass is 10.2. The third kappa shape index (κ3) is 8.48. The SMILES string of the molecule is CCNC(=NCC(C)N1CCOCC1C)NCC(C)Oc1ccc(F)cc1.I. The standard InChI is InChI=1S/C20H33FN4O2.HI/c1-5-22-20(23-12-15(2)25-10-11-26-14-16(25)3)24-13-17(4)27-19-8-6-18(21)7-9-19;/h6-9,15-17H,5,10-14H2,1-4H3,(H2,22,23,24);1H. The van der Waals surface area contributed by atoms with E-state index in [1.807, 2.05) is 13.8 Å². The van der Waals surface area contributed by atoms with Crippen LogP contribution >= 0.6 is 24.0 Å². The fraction of sp³-hybridized carbons (Fsp3) is 0.650. The Hall–Kier alpha value is -1.13. The van der Waals surface area contributed by atoms with E-state index in [0.29, 0.717) is 30.9 Å². The average molecular weight is 508 g/mol. The third-order valence-corrected chi connectivity index (χ3v) is 4.55. The number of benzene rings is 1. The van der Waals surface area contributed by atoms with Crippen molar-refractivity contribution >= 4 is 29.9 Å². The topological polar surface area (TPSA) is 58.1 Å². The summed E-state index contributed by atoms with van der Waals surface area (Å²) < 4.78 is 24.3. The average Bonchev–Trinajstić information content (AvgIpc) is 2.66. The van der Waals surface area contributed by atoms with E-state index >= 15 is 0 Å². The molecule has 3 unspecified atom stereocenters. The number of hydrogen-bond acceptors (Lipinski definition) is 4. The Morgan fingerprint density at radius 2 is 2.04 bits per heavy atom. The smallest absolute Gasteiger partial charge is 0.191 e. The van der Waals surface area contributed by atoms with Gasteiger partial charge in [0.05, 0.1) is 26.3 Å². The van der Waals surface area contributed by atoms with Crippen LogP contribution in [0.3, 0.4) is 0 Å². The van der Waals surface area contributed by atoms with E-state index in [-0.39, 0.29) is 35.9 Å². The van der Waals surface area contributed by atoms with Crippen LogP contribution < -0.4 is 15.4 Å². The van der Waals surface area contributed by atoms with Gasteiger partial charge in [-0.15, -0.1) is 24.0 Å². The van der Waals surface area contributed by atoms with Crippen LogP contribution in [0.2, 0.25) is 0 Å². The van der Waals surface area contributed by atoms with Crippen molar-refractivity contribution in [2.45, 2.75) is 45.9 Å². The second kappa shape index (κ2) is 13.2. The fourth-order valence-electron chi connectivity index (χ4n) is 3.09. The van der Waals surface area contributed by atoms with Gasteiger partial charge in [-0.1, -0.05) is 0 Å². The molecule has 1 aromatic rings. The van der Waals surface area contributed by atoms with Crippen molar-refractivity contribution in [2.75, 3.05) is 39.4 Å². The highest BCUT2D eigenvalue weighted by Crippen LogP contribution is 2.13. The van der Waals surface area contributed by atoms with E-state index < -0.39 is 0 Å². The van der Waals surface area contributed by atoms with Crippen LogP contribution in [-0.4, -0.2) is 68.4 Å². The number of hydrogen-bond donors (Lipinski definition) is 2. The predicted molar refractivity (Wildman–Crippen MR) is 122 cm³/mol. The largest absolute Gasteiger partial charge is 0.489 e. The van der Waals surface area contributed by atoms with Gasteiger partial charge in [-0.05, 0) is 52.0 Å². The number of guanidine groups is 1. The molecule has 1 aliphatic rings. The number of ether oxygens (including phenoxy) is 2. The maximum absolute atomic E-state index is 13.0. The monoisotopic (exact) mass is 508 g/mol. The van der Waals surface area contributed by atoms with Crippen LogP contribution in [0, 0.1) is 5.82 Å². The Balaban J connectivity index is 0.00000392. The summed E-state index contributed by atoms with van der Waals surface area (Å²) in [6.45, 7) is 13.0. The fourth-order valence-corrected chi connectivity index (χ4v) is 3.09. The first-order chi connectivity index (χ1) is 13.0. The van der Waals surface area contributed by atoms with Gasteiger partial charge in [-0.3, -0.25) is 9.89 Å². The minimum Gasteiger partial charge on any atom is -0.489 e. The molecule has 8 heteroatoms. The minimum atomic E-state index is -0.265. The molecule has 1 saturated heterocycles. The Labute approximate surface area is 185 Å². The van der Waals surface area contributed by atoms with Crippen LogP contribution in [0.15, 0.2) is 29.3 Å². The van der Waals surface area contributed by atoms with Crippen molar-refractivity contribution in [2.24, 2.45) is 4.99 Å². The van der Waals surface area contributed by atoms with Crippen molar-refractivity contribution in [3.63, 3.8) is 0 Å². The van der Waals surface area contributed by atoms with Crippen LogP contribution in [0.5, 0.6) is 5.75 Å². The van der Waals surface area contributed by atoms with Gasteiger partial charge in [0.2, 0.25) is 0 Å². The van der Waals surface area contributed by atoms with E-state index in [1.165, 1.54) is 12.1 Å². The number of nitrogens with zero attached hydrogens (tertiary/aromatic N) is 2. The Kier molecular flexibility index (Phi) is 11.7. The minimum absolute atomic E-state index is 0. The van der Waals surface area contributed by atoms with Crippen LogP contribution in [0.4, 0.5) is 4.39 Å². The molecule has 0 spiro atoms. The normalized spacial score (nSPS) is 20.0. The van der Waals surface area contributed by atoms with Gasteiger partial charge in [0.1, 0.15) is 17.7 Å². The number of nitrogens with one attached hydrogen (secondary N) is 2. The van der Waals surface area contributed by atoms with Crippen molar-refractivity contribution in [1.82, 2.24) is 15.5 Å². The number of morpholine rings is 1. The van der Waals surface area contributed by atoms with Crippen LogP contribution in [-0.2, 0) is 4.74 Å². The van der Waals surface area contributed by atoms with Gasteiger partial charge < -0.3 is 20.1 Å². The number of aliphatic imine (C=N–C) groups is 1. The summed E-state index contributed by atoms with van der Waals surface area (Å²) in [5, 5.41) is 6.59. The van der Waals surface area contributed by atoms with E-state index in [9.17, 15) is 4.39 Å². The molecule has 160 valence electrons. The molecule has 1 aliphatic heterocycles. The first-order valence-corrected chi connectivity index (χ1v) is 9.77. The van der Waals surface area contributed by atoms with E-state index in [4.69, 9.17) is 14.5 Å². The quantitative estimate of drug-likeness (QED) is 0.322. The molecular formula is C20H34FIN4O2. The van der Waals surface area contributed by atoms with Crippen molar-refractivity contribution < 1.29 is 13.9 Å². The van der Waals surface area contributed by atoms with E-state index in [1.54, 1.807) is 12.1 Å². The summed E-state index contributed by atoms with van der Waals surface area (Å²) in [6.07, 6.45) is -0.0731. The lowest BCUT2D eigenvalue weighted by molar-refractivity contribution is -0.0165. The zero-order valence-corrected chi connectivity index (χ0v) is 19.6. The van der Waals surface area contributed by atoms with Gasteiger partial charge in [0.25, 0.3) is 0 Å². The predicted octanol–water partition coefficient (Wildman–Crippen LogP) is 2.88. The van der Waals surface area contributed by atoms with Gasteiger partial charge in [-0.25, -0.2) is 4.39 Å². The van der Waals surface area contributed by atoms with Gasteiger partial charge >= 0.3 is 0 Å². The molecule has 0 aromatic heterocycles. The molecule has 1 aromatic carbocycles. The van der Waals surface area contributed by atoms with Crippen molar-refractivity contribution in [3.8, 4) is 5.75 Å². The van der Waals surface area contributed by atoms with Gasteiger partial charge in [0.15, 0.2) is 5.96 Å². The molecule has 0 aliphatic carbocycles. The van der Waals surface area contributed by atoms with E-state index in [0.717, 1.165) is 32.3 Å². The summed E-state index contributed by atoms with van der Waals surface area (Å²) in [7, 11) is 0. The van der Waals surface area contributed by atoms with Crippen LogP contribution in [0.25, 0.3) is 0 Å². The summed E-state index contributed by atoms with van der Waals surface area (Å²) >= 11 is 0. The Morgan fingerprint density at radius 3 is 2.68 bits per heavy atom. The lowest BCUT2D eigenvalue weighted by Gasteiger charge is -2.37. The molecule has 0 amide bonds. The van der Waals surface area contributed by atoms with Gasteiger partial charge in [0, 0.05) is 25.2 Å². The summed E-state index contributed by atoms with van der Waals surface area (Å²) in [4.78, 5) is 7.16. The van der Waals surface area contributed by atoms with E-state index in [2.05, 4.69) is 29.4 Å². The maximum Gasteiger partial charge on any atom is 0.191 e. The molecule has 2 rings (SSSR count). The second-order valence-corrected chi connectivity index (χ2v) is 6.99. The first-order valence-electron chi connectivity index (χ1n) is 9.77. The molecule has 28 heavy (non-hydrogen) atoms. The van der Waals surface area contributed by atoms with Crippen LogP contribution in [0.1, 0.15) is 27.7 Å². The third-order valence-electron chi connectivity index (χ3n) is 4.55. The Bertz CT molecular complexity index is 588. The molecule has 0 bridgehead atoms. The van der Waals surface area contributed by atoms with Gasteiger partial charge in [-0.2, -0.15) is 0 Å². The zero-order valence-electron chi connectivity index (χ0n) is 17.3. The molecular weight excluding hydrogens is 474 g/mol. The molecule has 6 nitrogen and oxygen atoms in total. The molecule has 1 fully saturated rings. The highest BCUT2D eigenvalue weighted by molar-refractivity contribution is 14.0. The summed E-state index contributed by atoms with van der Waals surface area (Å²) in [5.74, 6) is 1.17. The maximum atomic E-state index is 13.0. The highest BCUT2D eigenvalue weighted by Gasteiger charge is 2.23. The second-order valence-electron chi connectivity index (χ2n) is 6.99.